The Bertz CT molecular complexity index is 533. The Morgan fingerprint density at radius 3 is 2.60 bits per heavy atom. The summed E-state index contributed by atoms with van der Waals surface area (Å²) >= 11 is 0. The lowest BCUT2D eigenvalue weighted by molar-refractivity contribution is 0.415. The first kappa shape index (κ1) is 15.8. The van der Waals surface area contributed by atoms with Crippen LogP contribution in [0.1, 0.15) is 0 Å². The summed E-state index contributed by atoms with van der Waals surface area (Å²) < 4.78 is 5.11. The van der Waals surface area contributed by atoms with E-state index < -0.39 is 0 Å². The van der Waals surface area contributed by atoms with E-state index in [1.54, 1.807) is 13.2 Å². The number of methoxy groups -OCH3 is 1. The second kappa shape index (κ2) is 7.40. The van der Waals surface area contributed by atoms with E-state index in [9.17, 15) is 0 Å². The molecule has 108 valence electrons. The second-order valence-corrected chi connectivity index (χ2v) is 4.02. The predicted octanol–water partition coefficient (Wildman–Crippen LogP) is 1.25. The van der Waals surface area contributed by atoms with Crippen molar-refractivity contribution in [3.8, 4) is 5.75 Å². The Kier molecular flexibility index (Phi) is 5.86. The summed E-state index contributed by atoms with van der Waals surface area (Å²) in [6.07, 6.45) is 4.05. The van der Waals surface area contributed by atoms with E-state index in [1.165, 1.54) is 0 Å². The van der Waals surface area contributed by atoms with Gasteiger partial charge in [-0.15, -0.1) is 12.4 Å². The molecule has 0 bridgehead atoms. The number of hydrogen-bond acceptors (Lipinski definition) is 2. The first-order valence-electron chi connectivity index (χ1n) is 5.91. The van der Waals surface area contributed by atoms with Gasteiger partial charge in [0, 0.05) is 19.2 Å². The zero-order valence-corrected chi connectivity index (χ0v) is 12.0. The average molecular weight is 296 g/mol. The maximum absolute atomic E-state index is 5.84. The molecule has 0 atom stereocenters. The molecule has 7 heteroatoms. The molecule has 0 spiro atoms. The summed E-state index contributed by atoms with van der Waals surface area (Å²) in [5.74, 6) is 1.21. The van der Waals surface area contributed by atoms with Crippen LogP contribution in [0.2, 0.25) is 0 Å². The Hall–Kier alpha value is -2.21. The number of hydrogen-bond donors (Lipinski definition) is 2. The lowest BCUT2D eigenvalue weighted by atomic mass is 10.3. The van der Waals surface area contributed by atoms with Gasteiger partial charge in [-0.05, 0) is 12.1 Å². The zero-order valence-electron chi connectivity index (χ0n) is 11.2. The molecule has 1 aliphatic heterocycles. The number of ether oxygens (including phenoxy) is 1. The standard InChI is InChI=1S/C13H17N5O.ClH/c1-19-11-6-4-5-10(9-11)16-12(14)17-13(15)18-7-2-3-8-18;/h2-6,9H,7-8H2,1H3,(H4,14,15,16,17);1H. The monoisotopic (exact) mass is 295 g/mol. The maximum atomic E-state index is 5.84. The van der Waals surface area contributed by atoms with Gasteiger partial charge in [-0.3, -0.25) is 0 Å². The number of rotatable bonds is 2. The number of halogens is 1. The van der Waals surface area contributed by atoms with Crippen molar-refractivity contribution in [2.45, 2.75) is 0 Å². The summed E-state index contributed by atoms with van der Waals surface area (Å²) in [5, 5.41) is 0. The molecule has 0 saturated heterocycles. The van der Waals surface area contributed by atoms with Crippen LogP contribution in [0.15, 0.2) is 46.4 Å². The van der Waals surface area contributed by atoms with Crippen molar-refractivity contribution in [3.63, 3.8) is 0 Å². The highest BCUT2D eigenvalue weighted by atomic mass is 35.5. The second-order valence-electron chi connectivity index (χ2n) is 4.02. The van der Waals surface area contributed by atoms with Gasteiger partial charge in [-0.1, -0.05) is 18.2 Å². The average Bonchev–Trinajstić information content (AvgIpc) is 2.92. The molecule has 0 amide bonds. The molecule has 1 aromatic rings. The van der Waals surface area contributed by atoms with Gasteiger partial charge < -0.3 is 21.1 Å². The van der Waals surface area contributed by atoms with E-state index in [0.29, 0.717) is 11.6 Å². The van der Waals surface area contributed by atoms with E-state index in [1.807, 2.05) is 35.3 Å². The van der Waals surface area contributed by atoms with E-state index in [0.717, 1.165) is 18.8 Å². The normalized spacial score (nSPS) is 15.2. The van der Waals surface area contributed by atoms with Crippen LogP contribution in [0.4, 0.5) is 5.69 Å². The van der Waals surface area contributed by atoms with Crippen molar-refractivity contribution in [1.82, 2.24) is 4.90 Å². The lowest BCUT2D eigenvalue weighted by Gasteiger charge is -2.15. The minimum Gasteiger partial charge on any atom is -0.497 e. The van der Waals surface area contributed by atoms with Crippen LogP contribution in [0.25, 0.3) is 0 Å². The van der Waals surface area contributed by atoms with Gasteiger partial charge >= 0.3 is 0 Å². The Labute approximate surface area is 124 Å². The highest BCUT2D eigenvalue weighted by Crippen LogP contribution is 2.19. The molecule has 20 heavy (non-hydrogen) atoms. The van der Waals surface area contributed by atoms with Gasteiger partial charge in [-0.25, -0.2) is 4.99 Å². The van der Waals surface area contributed by atoms with Crippen LogP contribution in [-0.2, 0) is 0 Å². The summed E-state index contributed by atoms with van der Waals surface area (Å²) in [4.78, 5) is 10.2. The first-order chi connectivity index (χ1) is 9.19. The molecule has 1 aromatic carbocycles. The number of aliphatic imine (C=N–C) groups is 2. The number of guanidine groups is 2. The molecule has 4 N–H and O–H groups in total. The molecule has 0 unspecified atom stereocenters. The van der Waals surface area contributed by atoms with Crippen LogP contribution in [0, 0.1) is 0 Å². The van der Waals surface area contributed by atoms with Gasteiger partial charge in [0.15, 0.2) is 5.96 Å². The maximum Gasteiger partial charge on any atom is 0.223 e. The van der Waals surface area contributed by atoms with Crippen molar-refractivity contribution in [2.75, 3.05) is 20.2 Å². The Morgan fingerprint density at radius 2 is 1.95 bits per heavy atom. The van der Waals surface area contributed by atoms with Gasteiger partial charge in [0.2, 0.25) is 5.96 Å². The van der Waals surface area contributed by atoms with Gasteiger partial charge in [-0.2, -0.15) is 4.99 Å². The molecular weight excluding hydrogens is 278 g/mol. The molecule has 6 nitrogen and oxygen atoms in total. The number of nitrogens with zero attached hydrogens (tertiary/aromatic N) is 3. The van der Waals surface area contributed by atoms with Crippen molar-refractivity contribution < 1.29 is 4.74 Å². The molecule has 2 rings (SSSR count). The van der Waals surface area contributed by atoms with E-state index in [2.05, 4.69) is 9.98 Å². The zero-order chi connectivity index (χ0) is 13.7. The highest BCUT2D eigenvalue weighted by Gasteiger charge is 2.08. The molecule has 1 aliphatic rings. The molecular formula is C13H18ClN5O. The Balaban J connectivity index is 0.00000200. The quantitative estimate of drug-likeness (QED) is 0.488. The van der Waals surface area contributed by atoms with Crippen LogP contribution in [0.3, 0.4) is 0 Å². The fraction of sp³-hybridized carbons (Fsp3) is 0.231. The van der Waals surface area contributed by atoms with Crippen molar-refractivity contribution in [2.24, 2.45) is 21.5 Å². The van der Waals surface area contributed by atoms with E-state index >= 15 is 0 Å². The molecule has 0 saturated carbocycles. The SMILES string of the molecule is COc1cccc(N=C(N)N=C(N)N2CC=CC2)c1.Cl. The molecule has 1 heterocycles. The lowest BCUT2D eigenvalue weighted by Crippen LogP contribution is -2.36. The summed E-state index contributed by atoms with van der Waals surface area (Å²) in [7, 11) is 1.60. The number of nitrogens with two attached hydrogens (primary N) is 2. The third kappa shape index (κ3) is 4.17. The molecule has 0 aromatic heterocycles. The van der Waals surface area contributed by atoms with Crippen LogP contribution in [-0.4, -0.2) is 37.0 Å². The number of benzene rings is 1. The summed E-state index contributed by atoms with van der Waals surface area (Å²) in [6, 6.07) is 7.26. The third-order valence-electron chi connectivity index (χ3n) is 2.67. The fourth-order valence-electron chi connectivity index (χ4n) is 1.69. The summed E-state index contributed by atoms with van der Waals surface area (Å²) in [5.41, 5.74) is 12.3. The van der Waals surface area contributed by atoms with Crippen LogP contribution < -0.4 is 16.2 Å². The van der Waals surface area contributed by atoms with Crippen LogP contribution in [0.5, 0.6) is 5.75 Å². The first-order valence-corrected chi connectivity index (χ1v) is 5.91. The van der Waals surface area contributed by atoms with Crippen molar-refractivity contribution in [1.29, 1.82) is 0 Å². The van der Waals surface area contributed by atoms with E-state index in [-0.39, 0.29) is 18.4 Å². The Morgan fingerprint density at radius 1 is 1.25 bits per heavy atom. The molecule has 0 aliphatic carbocycles. The van der Waals surface area contributed by atoms with Crippen LogP contribution >= 0.6 is 12.4 Å². The smallest absolute Gasteiger partial charge is 0.223 e. The molecule has 0 radical (unpaired) electrons. The van der Waals surface area contributed by atoms with Gasteiger partial charge in [0.25, 0.3) is 0 Å². The minimum atomic E-state index is 0. The minimum absolute atomic E-state index is 0. The van der Waals surface area contributed by atoms with E-state index in [4.69, 9.17) is 16.2 Å². The van der Waals surface area contributed by atoms with Gasteiger partial charge in [0.1, 0.15) is 5.75 Å². The highest BCUT2D eigenvalue weighted by molar-refractivity contribution is 5.94. The van der Waals surface area contributed by atoms with Crippen molar-refractivity contribution in [3.05, 3.63) is 36.4 Å². The largest absolute Gasteiger partial charge is 0.497 e. The van der Waals surface area contributed by atoms with Crippen molar-refractivity contribution >= 4 is 30.0 Å². The summed E-state index contributed by atoms with van der Waals surface area (Å²) in [6.45, 7) is 1.50. The molecule has 0 fully saturated rings. The predicted molar refractivity (Wildman–Crippen MR) is 83.9 cm³/mol. The fourth-order valence-corrected chi connectivity index (χ4v) is 1.69. The topological polar surface area (TPSA) is 89.2 Å². The third-order valence-corrected chi connectivity index (χ3v) is 2.67. The van der Waals surface area contributed by atoms with Gasteiger partial charge in [0.05, 0.1) is 12.8 Å².